The van der Waals surface area contributed by atoms with Gasteiger partial charge in [-0.25, -0.2) is 0 Å². The smallest absolute Gasteiger partial charge is 0.255 e. The molecule has 0 saturated heterocycles. The highest BCUT2D eigenvalue weighted by Crippen LogP contribution is 2.23. The largest absolute Gasteiger partial charge is 0.506 e. The van der Waals surface area contributed by atoms with Crippen LogP contribution in [0.1, 0.15) is 10.4 Å². The Morgan fingerprint density at radius 1 is 1.22 bits per heavy atom. The molecule has 0 aliphatic rings. The van der Waals surface area contributed by atoms with Crippen LogP contribution in [0.25, 0.3) is 0 Å². The first-order valence-corrected chi connectivity index (χ1v) is 6.30. The minimum absolute atomic E-state index is 0.0380. The molecular formula is C13H11IN2O2. The van der Waals surface area contributed by atoms with Gasteiger partial charge in [-0.1, -0.05) is 12.1 Å². The predicted octanol–water partition coefficient (Wildman–Crippen LogP) is 2.83. The number of rotatable bonds is 2. The first-order chi connectivity index (χ1) is 8.58. The van der Waals surface area contributed by atoms with Crippen LogP contribution in [-0.4, -0.2) is 11.0 Å². The average Bonchev–Trinajstić information content (AvgIpc) is 2.35. The number of amides is 1. The van der Waals surface area contributed by atoms with Crippen LogP contribution < -0.4 is 11.1 Å². The summed E-state index contributed by atoms with van der Waals surface area (Å²) in [7, 11) is 0. The zero-order valence-corrected chi connectivity index (χ0v) is 11.5. The Bertz CT molecular complexity index is 599. The molecule has 0 aliphatic heterocycles. The van der Waals surface area contributed by atoms with Gasteiger partial charge < -0.3 is 16.2 Å². The Hall–Kier alpha value is -1.76. The van der Waals surface area contributed by atoms with E-state index in [1.165, 1.54) is 6.07 Å². The van der Waals surface area contributed by atoms with Gasteiger partial charge in [-0.2, -0.15) is 0 Å². The van der Waals surface area contributed by atoms with Crippen molar-refractivity contribution in [2.24, 2.45) is 0 Å². The van der Waals surface area contributed by atoms with E-state index in [-0.39, 0.29) is 11.7 Å². The molecule has 0 radical (unpaired) electrons. The highest BCUT2D eigenvalue weighted by atomic mass is 127. The maximum Gasteiger partial charge on any atom is 0.255 e. The fourth-order valence-electron chi connectivity index (χ4n) is 1.44. The molecule has 2 rings (SSSR count). The van der Waals surface area contributed by atoms with E-state index < -0.39 is 0 Å². The molecule has 0 bridgehead atoms. The number of benzene rings is 2. The van der Waals surface area contributed by atoms with E-state index >= 15 is 0 Å². The lowest BCUT2D eigenvalue weighted by atomic mass is 10.2. The molecule has 0 spiro atoms. The maximum absolute atomic E-state index is 12.0. The van der Waals surface area contributed by atoms with Crippen molar-refractivity contribution in [3.05, 3.63) is 51.6 Å². The standard InChI is InChI=1S/C13H11IN2O2/c14-9-7-8(5-6-10(9)15)13(18)16-11-3-1-2-4-12(11)17/h1-7,17H,15H2,(H,16,18). The third-order valence-electron chi connectivity index (χ3n) is 2.41. The number of nitrogen functional groups attached to an aromatic ring is 1. The van der Waals surface area contributed by atoms with Crippen molar-refractivity contribution < 1.29 is 9.90 Å². The van der Waals surface area contributed by atoms with Gasteiger partial charge in [-0.05, 0) is 52.9 Å². The monoisotopic (exact) mass is 354 g/mol. The van der Waals surface area contributed by atoms with Crippen LogP contribution in [0.2, 0.25) is 0 Å². The minimum Gasteiger partial charge on any atom is -0.506 e. The SMILES string of the molecule is Nc1ccc(C(=O)Nc2ccccc2O)cc1I. The summed E-state index contributed by atoms with van der Waals surface area (Å²) in [4.78, 5) is 12.0. The Morgan fingerprint density at radius 3 is 2.61 bits per heavy atom. The predicted molar refractivity (Wildman–Crippen MR) is 79.6 cm³/mol. The van der Waals surface area contributed by atoms with E-state index in [4.69, 9.17) is 5.73 Å². The summed E-state index contributed by atoms with van der Waals surface area (Å²) in [5.74, 6) is -0.245. The second-order valence-electron chi connectivity index (χ2n) is 3.71. The molecule has 2 aromatic carbocycles. The van der Waals surface area contributed by atoms with Gasteiger partial charge in [0.25, 0.3) is 5.91 Å². The third kappa shape index (κ3) is 2.73. The van der Waals surface area contributed by atoms with Crippen LogP contribution in [0.5, 0.6) is 5.75 Å². The lowest BCUT2D eigenvalue weighted by Crippen LogP contribution is -2.12. The number of aromatic hydroxyl groups is 1. The number of carbonyl (C=O) groups excluding carboxylic acids is 1. The molecule has 1 amide bonds. The minimum atomic E-state index is -0.283. The Kier molecular flexibility index (Phi) is 3.71. The van der Waals surface area contributed by atoms with Crippen LogP contribution in [0, 0.1) is 3.57 Å². The van der Waals surface area contributed by atoms with Gasteiger partial charge in [0.05, 0.1) is 5.69 Å². The van der Waals surface area contributed by atoms with Gasteiger partial charge in [0.1, 0.15) is 5.75 Å². The van der Waals surface area contributed by atoms with Crippen molar-refractivity contribution in [1.82, 2.24) is 0 Å². The summed E-state index contributed by atoms with van der Waals surface area (Å²) >= 11 is 2.07. The molecular weight excluding hydrogens is 343 g/mol. The molecule has 0 aromatic heterocycles. The van der Waals surface area contributed by atoms with Crippen molar-refractivity contribution in [3.63, 3.8) is 0 Å². The quantitative estimate of drug-likeness (QED) is 0.441. The van der Waals surface area contributed by atoms with Crippen molar-refractivity contribution >= 4 is 39.9 Å². The van der Waals surface area contributed by atoms with Crippen molar-refractivity contribution in [3.8, 4) is 5.75 Å². The Labute approximate surface area is 118 Å². The van der Waals surface area contributed by atoms with Gasteiger partial charge >= 0.3 is 0 Å². The van der Waals surface area contributed by atoms with E-state index in [1.807, 2.05) is 0 Å². The van der Waals surface area contributed by atoms with Gasteiger partial charge in [0.15, 0.2) is 0 Å². The van der Waals surface area contributed by atoms with Crippen LogP contribution in [0.15, 0.2) is 42.5 Å². The second kappa shape index (κ2) is 5.26. The van der Waals surface area contributed by atoms with E-state index in [0.29, 0.717) is 16.9 Å². The molecule has 0 saturated carbocycles. The average molecular weight is 354 g/mol. The summed E-state index contributed by atoms with van der Waals surface area (Å²) in [6.45, 7) is 0. The lowest BCUT2D eigenvalue weighted by Gasteiger charge is -2.07. The van der Waals surface area contributed by atoms with E-state index in [0.717, 1.165) is 3.57 Å². The maximum atomic E-state index is 12.0. The lowest BCUT2D eigenvalue weighted by molar-refractivity contribution is 0.102. The van der Waals surface area contributed by atoms with E-state index in [1.54, 1.807) is 36.4 Å². The van der Waals surface area contributed by atoms with Crippen LogP contribution >= 0.6 is 22.6 Å². The molecule has 0 unspecified atom stereocenters. The number of carbonyl (C=O) groups is 1. The van der Waals surface area contributed by atoms with Crippen molar-refractivity contribution in [2.75, 3.05) is 11.1 Å². The number of hydrogen-bond donors (Lipinski definition) is 3. The number of halogens is 1. The molecule has 2 aromatic rings. The van der Waals surface area contributed by atoms with Crippen LogP contribution in [0.3, 0.4) is 0 Å². The molecule has 18 heavy (non-hydrogen) atoms. The summed E-state index contributed by atoms with van der Waals surface area (Å²) < 4.78 is 0.817. The summed E-state index contributed by atoms with van der Waals surface area (Å²) in [5.41, 5.74) is 7.20. The van der Waals surface area contributed by atoms with Crippen molar-refractivity contribution in [2.45, 2.75) is 0 Å². The third-order valence-corrected chi connectivity index (χ3v) is 3.35. The molecule has 0 fully saturated rings. The van der Waals surface area contributed by atoms with E-state index in [2.05, 4.69) is 27.9 Å². The Morgan fingerprint density at radius 2 is 1.94 bits per heavy atom. The summed E-state index contributed by atoms with van der Waals surface area (Å²) in [5, 5.41) is 12.2. The fraction of sp³-hybridized carbons (Fsp3) is 0. The number of hydrogen-bond acceptors (Lipinski definition) is 3. The number of para-hydroxylation sites is 2. The molecule has 0 atom stereocenters. The normalized spacial score (nSPS) is 10.1. The molecule has 4 nitrogen and oxygen atoms in total. The highest BCUT2D eigenvalue weighted by Gasteiger charge is 2.09. The van der Waals surface area contributed by atoms with E-state index in [9.17, 15) is 9.90 Å². The van der Waals surface area contributed by atoms with Gasteiger partial charge in [0.2, 0.25) is 0 Å². The topological polar surface area (TPSA) is 75.4 Å². The zero-order chi connectivity index (χ0) is 13.1. The van der Waals surface area contributed by atoms with Gasteiger partial charge in [-0.15, -0.1) is 0 Å². The van der Waals surface area contributed by atoms with Crippen LogP contribution in [-0.2, 0) is 0 Å². The number of phenols is 1. The first kappa shape index (κ1) is 12.7. The first-order valence-electron chi connectivity index (χ1n) is 5.22. The second-order valence-corrected chi connectivity index (χ2v) is 4.87. The van der Waals surface area contributed by atoms with Crippen LogP contribution in [0.4, 0.5) is 11.4 Å². The Balaban J connectivity index is 2.22. The number of anilines is 2. The highest BCUT2D eigenvalue weighted by molar-refractivity contribution is 14.1. The summed E-state index contributed by atoms with van der Waals surface area (Å²) in [6, 6.07) is 11.6. The number of nitrogens with two attached hydrogens (primary N) is 1. The zero-order valence-electron chi connectivity index (χ0n) is 9.35. The number of nitrogens with one attached hydrogen (secondary N) is 1. The van der Waals surface area contributed by atoms with Gasteiger partial charge in [0, 0.05) is 14.8 Å². The van der Waals surface area contributed by atoms with Gasteiger partial charge in [-0.3, -0.25) is 4.79 Å². The molecule has 0 heterocycles. The fourth-order valence-corrected chi connectivity index (χ4v) is 1.96. The molecule has 0 aliphatic carbocycles. The molecule has 5 heteroatoms. The number of phenolic OH excluding ortho intramolecular Hbond substituents is 1. The molecule has 92 valence electrons. The van der Waals surface area contributed by atoms with Crippen molar-refractivity contribution in [1.29, 1.82) is 0 Å². The molecule has 4 N–H and O–H groups in total. The summed E-state index contributed by atoms with van der Waals surface area (Å²) in [6.07, 6.45) is 0.